The zero-order valence-electron chi connectivity index (χ0n) is 14.6. The monoisotopic (exact) mass is 360 g/mol. The van der Waals surface area contributed by atoms with E-state index >= 15 is 0 Å². The van der Waals surface area contributed by atoms with Crippen molar-refractivity contribution in [2.24, 2.45) is 5.92 Å². The van der Waals surface area contributed by atoms with E-state index in [4.69, 9.17) is 4.74 Å². The Balaban J connectivity index is 1.52. The number of carbonyl (C=O) groups is 2. The van der Waals surface area contributed by atoms with Gasteiger partial charge in [0.25, 0.3) is 5.91 Å². The molecule has 0 saturated heterocycles. The third-order valence-corrected chi connectivity index (χ3v) is 5.78. The van der Waals surface area contributed by atoms with Crippen molar-refractivity contribution >= 4 is 38.6 Å². The van der Waals surface area contributed by atoms with Crippen LogP contribution in [0.1, 0.15) is 45.4 Å². The Labute approximate surface area is 152 Å². The summed E-state index contributed by atoms with van der Waals surface area (Å²) in [6, 6.07) is 7.79. The second-order valence-corrected chi connectivity index (χ2v) is 7.46. The minimum absolute atomic E-state index is 0.215. The minimum atomic E-state index is -0.277. The number of anilines is 1. The van der Waals surface area contributed by atoms with Crippen LogP contribution in [0.25, 0.3) is 10.2 Å². The maximum atomic E-state index is 12.4. The number of esters is 1. The number of nitrogens with zero attached hydrogens (tertiary/aromatic N) is 2. The molecule has 0 atom stereocenters. The van der Waals surface area contributed by atoms with Crippen LogP contribution in [0.4, 0.5) is 5.13 Å². The third kappa shape index (κ3) is 4.57. The number of aromatic nitrogens is 1. The van der Waals surface area contributed by atoms with Gasteiger partial charge in [-0.05, 0) is 31.4 Å². The fourth-order valence-electron chi connectivity index (χ4n) is 3.31. The van der Waals surface area contributed by atoms with E-state index in [-0.39, 0.29) is 18.5 Å². The van der Waals surface area contributed by atoms with Gasteiger partial charge >= 0.3 is 5.97 Å². The summed E-state index contributed by atoms with van der Waals surface area (Å²) in [5, 5.41) is 0.649. The van der Waals surface area contributed by atoms with Crippen LogP contribution in [0.15, 0.2) is 24.3 Å². The lowest BCUT2D eigenvalue weighted by atomic mass is 10.0. The summed E-state index contributed by atoms with van der Waals surface area (Å²) in [6.45, 7) is 2.18. The zero-order chi connectivity index (χ0) is 17.6. The van der Waals surface area contributed by atoms with Crippen LogP contribution in [-0.4, -0.2) is 30.0 Å². The van der Waals surface area contributed by atoms with E-state index < -0.39 is 0 Å². The standard InChI is InChI=1S/C19H24N2O3S/c1-2-21(19-20-15-9-5-6-10-16(15)25-19)17(22)13-24-18(23)12-11-14-7-3-4-8-14/h5-6,9-10,14H,2-4,7-8,11-13H2,1H3. The van der Waals surface area contributed by atoms with Crippen LogP contribution in [0.5, 0.6) is 0 Å². The maximum absolute atomic E-state index is 12.4. The van der Waals surface area contributed by atoms with Gasteiger partial charge in [-0.25, -0.2) is 4.98 Å². The number of ether oxygens (including phenoxy) is 1. The van der Waals surface area contributed by atoms with Crippen LogP contribution in [0.2, 0.25) is 0 Å². The number of para-hydroxylation sites is 1. The molecule has 1 amide bonds. The Morgan fingerprint density at radius 3 is 2.76 bits per heavy atom. The number of thiazole rings is 1. The smallest absolute Gasteiger partial charge is 0.306 e. The van der Waals surface area contributed by atoms with Crippen LogP contribution in [0.3, 0.4) is 0 Å². The quantitative estimate of drug-likeness (QED) is 0.696. The van der Waals surface area contributed by atoms with Crippen molar-refractivity contribution in [3.05, 3.63) is 24.3 Å². The summed E-state index contributed by atoms with van der Waals surface area (Å²) >= 11 is 1.47. The molecule has 0 spiro atoms. The second kappa shape index (κ2) is 8.43. The normalized spacial score (nSPS) is 14.8. The molecule has 1 saturated carbocycles. The first-order valence-corrected chi connectivity index (χ1v) is 9.80. The van der Waals surface area contributed by atoms with Crippen molar-refractivity contribution in [3.8, 4) is 0 Å². The summed E-state index contributed by atoms with van der Waals surface area (Å²) in [7, 11) is 0. The topological polar surface area (TPSA) is 59.5 Å². The lowest BCUT2D eigenvalue weighted by molar-refractivity contribution is -0.148. The number of amides is 1. The van der Waals surface area contributed by atoms with Gasteiger partial charge in [-0.15, -0.1) is 0 Å². The molecule has 25 heavy (non-hydrogen) atoms. The van der Waals surface area contributed by atoms with Crippen molar-refractivity contribution in [2.45, 2.75) is 45.4 Å². The van der Waals surface area contributed by atoms with Crippen LogP contribution >= 0.6 is 11.3 Å². The third-order valence-electron chi connectivity index (χ3n) is 4.72. The molecule has 0 N–H and O–H groups in total. The summed E-state index contributed by atoms with van der Waals surface area (Å²) in [5.74, 6) is 0.148. The lowest BCUT2D eigenvalue weighted by Gasteiger charge is -2.17. The molecule has 1 aromatic heterocycles. The molecule has 5 nitrogen and oxygen atoms in total. The molecule has 1 heterocycles. The lowest BCUT2D eigenvalue weighted by Crippen LogP contribution is -2.34. The molecule has 2 aromatic rings. The molecule has 3 rings (SSSR count). The van der Waals surface area contributed by atoms with E-state index in [0.717, 1.165) is 16.6 Å². The number of likely N-dealkylation sites (N-methyl/N-ethyl adjacent to an activating group) is 1. The molecule has 1 aromatic carbocycles. The fraction of sp³-hybridized carbons (Fsp3) is 0.526. The van der Waals surface area contributed by atoms with Gasteiger partial charge in [-0.1, -0.05) is 49.2 Å². The predicted molar refractivity (Wildman–Crippen MR) is 99.8 cm³/mol. The van der Waals surface area contributed by atoms with E-state index in [1.807, 2.05) is 31.2 Å². The predicted octanol–water partition coefficient (Wildman–Crippen LogP) is 4.16. The number of rotatable bonds is 7. The highest BCUT2D eigenvalue weighted by Gasteiger charge is 2.21. The molecule has 1 fully saturated rings. The Hall–Kier alpha value is -1.95. The first-order valence-electron chi connectivity index (χ1n) is 8.99. The van der Waals surface area contributed by atoms with Crippen molar-refractivity contribution in [1.82, 2.24) is 4.98 Å². The molecule has 0 aliphatic heterocycles. The van der Waals surface area contributed by atoms with Gasteiger partial charge in [0.05, 0.1) is 10.2 Å². The van der Waals surface area contributed by atoms with E-state index in [1.165, 1.54) is 37.0 Å². The number of hydrogen-bond donors (Lipinski definition) is 0. The minimum Gasteiger partial charge on any atom is -0.456 e. The van der Waals surface area contributed by atoms with Gasteiger partial charge in [-0.3, -0.25) is 14.5 Å². The molecule has 6 heteroatoms. The van der Waals surface area contributed by atoms with Crippen LogP contribution in [-0.2, 0) is 14.3 Å². The molecule has 1 aliphatic rings. The Morgan fingerprint density at radius 1 is 1.28 bits per heavy atom. The van der Waals surface area contributed by atoms with Crippen molar-refractivity contribution in [1.29, 1.82) is 0 Å². The highest BCUT2D eigenvalue weighted by atomic mass is 32.1. The summed E-state index contributed by atoms with van der Waals surface area (Å²) in [5.41, 5.74) is 0.877. The number of carbonyl (C=O) groups excluding carboxylic acids is 2. The SMILES string of the molecule is CCN(C(=O)COC(=O)CCC1CCCC1)c1nc2ccccc2s1. The zero-order valence-corrected chi connectivity index (χ0v) is 15.4. The Kier molecular flexibility index (Phi) is 6.02. The van der Waals surface area contributed by atoms with Crippen molar-refractivity contribution in [2.75, 3.05) is 18.1 Å². The second-order valence-electron chi connectivity index (χ2n) is 6.45. The van der Waals surface area contributed by atoms with Gasteiger partial charge in [0.1, 0.15) is 0 Å². The van der Waals surface area contributed by atoms with E-state index in [1.54, 1.807) is 4.90 Å². The van der Waals surface area contributed by atoms with Gasteiger partial charge < -0.3 is 4.74 Å². The fourth-order valence-corrected chi connectivity index (χ4v) is 4.35. The summed E-state index contributed by atoms with van der Waals surface area (Å²) in [6.07, 6.45) is 6.26. The van der Waals surface area contributed by atoms with Gasteiger partial charge in [0.15, 0.2) is 11.7 Å². The van der Waals surface area contributed by atoms with Crippen LogP contribution in [0, 0.1) is 5.92 Å². The molecular weight excluding hydrogens is 336 g/mol. The highest BCUT2D eigenvalue weighted by Crippen LogP contribution is 2.29. The average molecular weight is 360 g/mol. The van der Waals surface area contributed by atoms with Crippen molar-refractivity contribution in [3.63, 3.8) is 0 Å². The maximum Gasteiger partial charge on any atom is 0.306 e. The highest BCUT2D eigenvalue weighted by molar-refractivity contribution is 7.22. The van der Waals surface area contributed by atoms with Gasteiger partial charge in [0.2, 0.25) is 0 Å². The molecular formula is C19H24N2O3S. The summed E-state index contributed by atoms with van der Waals surface area (Å²) in [4.78, 5) is 30.4. The van der Waals surface area contributed by atoms with Gasteiger partial charge in [-0.2, -0.15) is 0 Å². The molecule has 134 valence electrons. The number of benzene rings is 1. The van der Waals surface area contributed by atoms with Crippen molar-refractivity contribution < 1.29 is 14.3 Å². The average Bonchev–Trinajstić information content (AvgIpc) is 3.28. The van der Waals surface area contributed by atoms with E-state index in [9.17, 15) is 9.59 Å². The molecule has 1 aliphatic carbocycles. The van der Waals surface area contributed by atoms with E-state index in [2.05, 4.69) is 4.98 Å². The largest absolute Gasteiger partial charge is 0.456 e. The van der Waals surface area contributed by atoms with E-state index in [0.29, 0.717) is 24.0 Å². The Bertz CT molecular complexity index is 704. The number of fused-ring (bicyclic) bond motifs is 1. The first-order chi connectivity index (χ1) is 12.2. The van der Waals surface area contributed by atoms with Crippen LogP contribution < -0.4 is 4.90 Å². The summed E-state index contributed by atoms with van der Waals surface area (Å²) < 4.78 is 6.23. The molecule has 0 bridgehead atoms. The number of hydrogen-bond acceptors (Lipinski definition) is 5. The molecule has 0 unspecified atom stereocenters. The molecule has 0 radical (unpaired) electrons. The first kappa shape index (κ1) is 17.9. The van der Waals surface area contributed by atoms with Gasteiger partial charge in [0, 0.05) is 13.0 Å². The Morgan fingerprint density at radius 2 is 2.04 bits per heavy atom.